The van der Waals surface area contributed by atoms with Crippen LogP contribution in [-0.2, 0) is 24.9 Å². The molecule has 1 heterocycles. The molecule has 0 aromatic heterocycles. The van der Waals surface area contributed by atoms with Crippen molar-refractivity contribution in [3.8, 4) is 0 Å². The van der Waals surface area contributed by atoms with E-state index in [1.165, 1.54) is 6.92 Å². The van der Waals surface area contributed by atoms with E-state index in [0.717, 1.165) is 6.08 Å². The van der Waals surface area contributed by atoms with E-state index in [0.29, 0.717) is 0 Å². The summed E-state index contributed by atoms with van der Waals surface area (Å²) < 4.78 is 135. The number of hydrogen-bond donors (Lipinski definition) is 3. The Morgan fingerprint density at radius 3 is 1.85 bits per heavy atom. The Hall–Kier alpha value is -1.43. The number of aliphatic hydroxyl groups is 2. The molecule has 0 saturated carbocycles. The van der Waals surface area contributed by atoms with E-state index in [-0.39, 0.29) is 10.7 Å². The van der Waals surface area contributed by atoms with E-state index in [9.17, 15) is 58.2 Å². The summed E-state index contributed by atoms with van der Waals surface area (Å²) in [6, 6.07) is 0. The molecule has 1 rings (SSSR count). The van der Waals surface area contributed by atoms with Crippen LogP contribution >= 0.6 is 0 Å². The molecule has 194 valence electrons. The Morgan fingerprint density at radius 1 is 1.03 bits per heavy atom. The first-order valence-electron chi connectivity index (χ1n) is 9.30. The van der Waals surface area contributed by atoms with Crippen LogP contribution < -0.4 is 0 Å². The fourth-order valence-corrected chi connectivity index (χ4v) is 4.82. The second-order valence-electron chi connectivity index (χ2n) is 7.77. The minimum Gasteiger partial charge on any atom is -0.512 e. The highest BCUT2D eigenvalue weighted by molar-refractivity contribution is 7.90. The van der Waals surface area contributed by atoms with Crippen LogP contribution in [0.25, 0.3) is 0 Å². The highest BCUT2D eigenvalue weighted by Crippen LogP contribution is 2.51. The van der Waals surface area contributed by atoms with Crippen molar-refractivity contribution in [2.24, 2.45) is 11.3 Å². The molecule has 33 heavy (non-hydrogen) atoms. The number of halogens is 6. The topological polar surface area (TPSA) is 149 Å². The maximum atomic E-state index is 14.1. The van der Waals surface area contributed by atoms with Crippen molar-refractivity contribution >= 4 is 25.9 Å². The number of rotatable bonds is 10. The summed E-state index contributed by atoms with van der Waals surface area (Å²) in [6.45, 7) is 0.553. The highest BCUT2D eigenvalue weighted by Gasteiger charge is 2.82. The van der Waals surface area contributed by atoms with Gasteiger partial charge in [-0.25, -0.2) is 8.42 Å². The number of ketones is 1. The standard InChI is InChI=1S/C16H23F6NO8S2/c1-3-13(2,9-24)12(26)8-11(25)10-4-6-23(7-5-10)32(27,28)15(19,20)14(17,18)16(21,22)33(29,30)31/h8,10,24,26H,3-7,9H2,1-2H3,(H,29,30,31)/b12-8+. The number of sulfonamides is 1. The molecule has 3 N–H and O–H groups in total. The predicted octanol–water partition coefficient (Wildman–Crippen LogP) is 2.16. The van der Waals surface area contributed by atoms with Crippen molar-refractivity contribution in [1.29, 1.82) is 0 Å². The molecule has 1 fully saturated rings. The molecule has 0 spiro atoms. The van der Waals surface area contributed by atoms with Gasteiger partial charge in [-0.2, -0.15) is 39.1 Å². The number of alkyl halides is 6. The van der Waals surface area contributed by atoms with Gasteiger partial charge < -0.3 is 10.2 Å². The summed E-state index contributed by atoms with van der Waals surface area (Å²) in [5.41, 5.74) is -1.16. The van der Waals surface area contributed by atoms with Crippen LogP contribution in [0.2, 0.25) is 0 Å². The van der Waals surface area contributed by atoms with Gasteiger partial charge in [-0.15, -0.1) is 0 Å². The third-order valence-electron chi connectivity index (χ3n) is 5.60. The Kier molecular flexibility index (Phi) is 8.36. The molecular weight excluding hydrogens is 512 g/mol. The van der Waals surface area contributed by atoms with Crippen molar-refractivity contribution in [3.63, 3.8) is 0 Å². The van der Waals surface area contributed by atoms with E-state index >= 15 is 0 Å². The highest BCUT2D eigenvalue weighted by atomic mass is 32.2. The second-order valence-corrected chi connectivity index (χ2v) is 11.2. The number of carbonyl (C=O) groups excluding carboxylic acids is 1. The zero-order chi connectivity index (χ0) is 26.3. The minimum atomic E-state index is -7.12. The van der Waals surface area contributed by atoms with Crippen molar-refractivity contribution in [1.82, 2.24) is 4.31 Å². The first-order chi connectivity index (χ1) is 14.6. The van der Waals surface area contributed by atoms with Crippen LogP contribution in [0.3, 0.4) is 0 Å². The largest absolute Gasteiger partial charge is 0.512 e. The SMILES string of the molecule is CCC(C)(CO)/C(O)=C\C(=O)C1CCN(S(=O)(=O)C(F)(F)C(F)(F)C(F)(F)S(=O)(=O)O)CC1. The van der Waals surface area contributed by atoms with Gasteiger partial charge in [-0.05, 0) is 19.3 Å². The summed E-state index contributed by atoms with van der Waals surface area (Å²) >= 11 is 0. The first-order valence-corrected chi connectivity index (χ1v) is 12.2. The monoisotopic (exact) mass is 535 g/mol. The van der Waals surface area contributed by atoms with Gasteiger partial charge in [0.15, 0.2) is 5.78 Å². The smallest absolute Gasteiger partial charge is 0.439 e. The summed E-state index contributed by atoms with van der Waals surface area (Å²) in [5.74, 6) is -9.35. The summed E-state index contributed by atoms with van der Waals surface area (Å²) in [7, 11) is -13.7. The van der Waals surface area contributed by atoms with E-state index in [2.05, 4.69) is 0 Å². The van der Waals surface area contributed by atoms with Gasteiger partial charge in [0.25, 0.3) is 10.0 Å². The zero-order valence-corrected chi connectivity index (χ0v) is 18.9. The third-order valence-corrected chi connectivity index (χ3v) is 8.46. The van der Waals surface area contributed by atoms with Crippen LogP contribution in [0.4, 0.5) is 26.3 Å². The molecule has 17 heteroatoms. The lowest BCUT2D eigenvalue weighted by Crippen LogP contribution is -2.63. The molecule has 1 aliphatic heterocycles. The molecule has 1 aliphatic rings. The number of carbonyl (C=O) groups is 1. The van der Waals surface area contributed by atoms with Crippen LogP contribution in [0.5, 0.6) is 0 Å². The van der Waals surface area contributed by atoms with Gasteiger partial charge in [0, 0.05) is 30.5 Å². The van der Waals surface area contributed by atoms with Gasteiger partial charge in [0.1, 0.15) is 5.76 Å². The second kappa shape index (κ2) is 9.31. The number of piperidine rings is 1. The third kappa shape index (κ3) is 5.01. The van der Waals surface area contributed by atoms with Crippen molar-refractivity contribution < 1.29 is 62.7 Å². The molecule has 0 amide bonds. The number of aliphatic hydroxyl groups excluding tert-OH is 2. The molecular formula is C16H23F6NO8S2. The van der Waals surface area contributed by atoms with Crippen LogP contribution in [0.15, 0.2) is 11.8 Å². The van der Waals surface area contributed by atoms with E-state index in [1.807, 2.05) is 0 Å². The molecule has 0 aromatic carbocycles. The van der Waals surface area contributed by atoms with Gasteiger partial charge in [0.05, 0.1) is 6.61 Å². The lowest BCUT2D eigenvalue weighted by atomic mass is 9.84. The molecule has 1 unspecified atom stereocenters. The number of nitrogens with zero attached hydrogens (tertiary/aromatic N) is 1. The Morgan fingerprint density at radius 2 is 1.48 bits per heavy atom. The van der Waals surface area contributed by atoms with Gasteiger partial charge in [0.2, 0.25) is 0 Å². The van der Waals surface area contributed by atoms with Crippen LogP contribution in [0.1, 0.15) is 33.1 Å². The Labute approximate surface area is 185 Å². The molecule has 1 saturated heterocycles. The lowest BCUT2D eigenvalue weighted by molar-refractivity contribution is -0.247. The lowest BCUT2D eigenvalue weighted by Gasteiger charge is -2.36. The van der Waals surface area contributed by atoms with Gasteiger partial charge in [-0.3, -0.25) is 9.35 Å². The predicted molar refractivity (Wildman–Crippen MR) is 101 cm³/mol. The summed E-state index contributed by atoms with van der Waals surface area (Å²) in [4.78, 5) is 12.3. The number of allylic oxidation sites excluding steroid dienone is 1. The fraction of sp³-hybridized carbons (Fsp3) is 0.812. The van der Waals surface area contributed by atoms with Gasteiger partial charge >= 0.3 is 26.5 Å². The van der Waals surface area contributed by atoms with Gasteiger partial charge in [-0.1, -0.05) is 13.8 Å². The van der Waals surface area contributed by atoms with Crippen LogP contribution in [0, 0.1) is 11.3 Å². The molecule has 0 aliphatic carbocycles. The fourth-order valence-electron chi connectivity index (χ4n) is 2.84. The zero-order valence-electron chi connectivity index (χ0n) is 17.3. The van der Waals surface area contributed by atoms with Crippen LogP contribution in [-0.4, -0.2) is 77.8 Å². The maximum Gasteiger partial charge on any atom is 0.439 e. The molecule has 1 atom stereocenters. The summed E-state index contributed by atoms with van der Waals surface area (Å²) in [6.07, 6.45) is -0.0302. The summed E-state index contributed by atoms with van der Waals surface area (Å²) in [5, 5.41) is 5.90. The average Bonchev–Trinajstić information content (AvgIpc) is 2.71. The number of hydrogen-bond acceptors (Lipinski definition) is 7. The molecule has 0 radical (unpaired) electrons. The Balaban J connectivity index is 3.11. The Bertz CT molecular complexity index is 984. The molecule has 0 bridgehead atoms. The first kappa shape index (κ1) is 29.6. The average molecular weight is 535 g/mol. The normalized spacial score (nSPS) is 20.5. The quantitative estimate of drug-likeness (QED) is 0.167. The maximum absolute atomic E-state index is 14.1. The van der Waals surface area contributed by atoms with Crippen molar-refractivity contribution in [3.05, 3.63) is 11.8 Å². The molecule has 0 aromatic rings. The van der Waals surface area contributed by atoms with E-state index in [4.69, 9.17) is 4.55 Å². The minimum absolute atomic E-state index is 0.229. The van der Waals surface area contributed by atoms with E-state index < -0.39 is 92.0 Å². The van der Waals surface area contributed by atoms with E-state index in [1.54, 1.807) is 6.92 Å². The van der Waals surface area contributed by atoms with Crippen molar-refractivity contribution in [2.45, 2.75) is 49.5 Å². The van der Waals surface area contributed by atoms with Crippen molar-refractivity contribution in [2.75, 3.05) is 19.7 Å². The molecule has 9 nitrogen and oxygen atoms in total.